The maximum atomic E-state index is 2.48. The van der Waals surface area contributed by atoms with Crippen LogP contribution in [0.4, 0.5) is 0 Å². The molecular formula is C14H25N. The normalized spacial score (nSPS) is 30.9. The van der Waals surface area contributed by atoms with E-state index in [1.54, 1.807) is 0 Å². The first-order valence-corrected chi connectivity index (χ1v) is 6.31. The molecule has 0 bridgehead atoms. The van der Waals surface area contributed by atoms with E-state index in [0.29, 0.717) is 0 Å². The predicted molar refractivity (Wildman–Crippen MR) is 68.1 cm³/mol. The minimum absolute atomic E-state index is 0.729. The molecule has 15 heavy (non-hydrogen) atoms. The molecule has 0 radical (unpaired) electrons. The van der Waals surface area contributed by atoms with Gasteiger partial charge in [0.25, 0.3) is 0 Å². The van der Waals surface area contributed by atoms with Gasteiger partial charge in [-0.25, -0.2) is 0 Å². The molecule has 0 fully saturated rings. The lowest BCUT2D eigenvalue weighted by Gasteiger charge is -2.23. The fourth-order valence-corrected chi connectivity index (χ4v) is 1.91. The molecule has 0 aromatic carbocycles. The largest absolute Gasteiger partial charge is 0.303 e. The van der Waals surface area contributed by atoms with Crippen molar-refractivity contribution in [3.05, 3.63) is 24.3 Å². The number of allylic oxidation sites excluding steroid dienone is 3. The lowest BCUT2D eigenvalue weighted by atomic mass is 10.1. The van der Waals surface area contributed by atoms with Crippen molar-refractivity contribution in [3.8, 4) is 0 Å². The summed E-state index contributed by atoms with van der Waals surface area (Å²) >= 11 is 0. The zero-order valence-electron chi connectivity index (χ0n) is 10.3. The van der Waals surface area contributed by atoms with Gasteiger partial charge in [-0.2, -0.15) is 0 Å². The van der Waals surface area contributed by atoms with Crippen molar-refractivity contribution in [1.82, 2.24) is 4.90 Å². The van der Waals surface area contributed by atoms with Crippen molar-refractivity contribution < 1.29 is 0 Å². The number of rotatable bonds is 0. The minimum Gasteiger partial charge on any atom is -0.303 e. The highest BCUT2D eigenvalue weighted by molar-refractivity contribution is 4.89. The summed E-state index contributed by atoms with van der Waals surface area (Å²) < 4.78 is 0. The van der Waals surface area contributed by atoms with Gasteiger partial charge < -0.3 is 4.90 Å². The maximum Gasteiger partial charge on any atom is 0.00641 e. The topological polar surface area (TPSA) is 3.24 Å². The van der Waals surface area contributed by atoms with Gasteiger partial charge >= 0.3 is 0 Å². The molecule has 1 atom stereocenters. The van der Waals surface area contributed by atoms with Crippen molar-refractivity contribution >= 4 is 0 Å². The minimum atomic E-state index is 0.729. The van der Waals surface area contributed by atoms with Gasteiger partial charge in [0.1, 0.15) is 0 Å². The third-order valence-electron chi connectivity index (χ3n) is 3.23. The SMILES string of the molecule is CC1CCC/C=C\CC/C=C\CCN1C. The standard InChI is InChI=1S/C14H25N/c1-14-12-10-8-6-4-3-5-7-9-11-13-15(14)2/h4,6-7,9,14H,3,5,8,10-13H2,1-2H3/b6-4-,9-7-. The summed E-state index contributed by atoms with van der Waals surface area (Å²) in [5, 5.41) is 0. The van der Waals surface area contributed by atoms with Crippen LogP contribution in [0.3, 0.4) is 0 Å². The van der Waals surface area contributed by atoms with E-state index in [1.807, 2.05) is 0 Å². The molecule has 0 N–H and O–H groups in total. The molecule has 1 aliphatic rings. The average molecular weight is 207 g/mol. The quantitative estimate of drug-likeness (QED) is 0.546. The van der Waals surface area contributed by atoms with Crippen LogP contribution < -0.4 is 0 Å². The van der Waals surface area contributed by atoms with E-state index in [2.05, 4.69) is 43.2 Å². The van der Waals surface area contributed by atoms with Crippen LogP contribution in [0.5, 0.6) is 0 Å². The van der Waals surface area contributed by atoms with Crippen LogP contribution in [0.15, 0.2) is 24.3 Å². The highest BCUT2D eigenvalue weighted by Crippen LogP contribution is 2.09. The zero-order valence-corrected chi connectivity index (χ0v) is 10.3. The van der Waals surface area contributed by atoms with Crippen molar-refractivity contribution in [3.63, 3.8) is 0 Å². The molecule has 0 aliphatic carbocycles. The summed E-state index contributed by atoms with van der Waals surface area (Å²) in [6, 6.07) is 0.729. The highest BCUT2D eigenvalue weighted by Gasteiger charge is 2.06. The Morgan fingerprint density at radius 3 is 2.27 bits per heavy atom. The van der Waals surface area contributed by atoms with Crippen molar-refractivity contribution in [1.29, 1.82) is 0 Å². The molecule has 0 aromatic rings. The molecular weight excluding hydrogens is 182 g/mol. The molecule has 0 amide bonds. The molecule has 1 nitrogen and oxygen atoms in total. The summed E-state index contributed by atoms with van der Waals surface area (Å²) in [5.74, 6) is 0. The Morgan fingerprint density at radius 1 is 0.933 bits per heavy atom. The zero-order chi connectivity index (χ0) is 10.9. The van der Waals surface area contributed by atoms with Gasteiger partial charge in [-0.1, -0.05) is 24.3 Å². The van der Waals surface area contributed by atoms with E-state index in [9.17, 15) is 0 Å². The summed E-state index contributed by atoms with van der Waals surface area (Å²) in [7, 11) is 2.24. The highest BCUT2D eigenvalue weighted by atomic mass is 15.1. The van der Waals surface area contributed by atoms with Gasteiger partial charge in [-0.3, -0.25) is 0 Å². The van der Waals surface area contributed by atoms with Gasteiger partial charge in [-0.15, -0.1) is 0 Å². The summed E-state index contributed by atoms with van der Waals surface area (Å²) in [6.07, 6.45) is 16.8. The molecule has 1 heteroatoms. The Bertz CT molecular complexity index is 205. The first kappa shape index (κ1) is 12.5. The molecule has 1 unspecified atom stereocenters. The maximum absolute atomic E-state index is 2.48. The van der Waals surface area contributed by atoms with Gasteiger partial charge in [0.05, 0.1) is 0 Å². The number of hydrogen-bond donors (Lipinski definition) is 0. The lowest BCUT2D eigenvalue weighted by molar-refractivity contribution is 0.247. The molecule has 1 aliphatic heterocycles. The van der Waals surface area contributed by atoms with Gasteiger partial charge in [0.15, 0.2) is 0 Å². The Hall–Kier alpha value is -0.560. The number of nitrogens with zero attached hydrogens (tertiary/aromatic N) is 1. The van der Waals surface area contributed by atoms with Crippen molar-refractivity contribution in [2.24, 2.45) is 0 Å². The molecule has 0 aromatic heterocycles. The van der Waals surface area contributed by atoms with Crippen molar-refractivity contribution in [2.75, 3.05) is 13.6 Å². The Labute approximate surface area is 94.9 Å². The predicted octanol–water partition coefficient (Wildman–Crippen LogP) is 3.77. The second kappa shape index (κ2) is 7.70. The fraction of sp³-hybridized carbons (Fsp3) is 0.714. The Morgan fingerprint density at radius 2 is 1.53 bits per heavy atom. The molecule has 86 valence electrons. The van der Waals surface area contributed by atoms with E-state index in [-0.39, 0.29) is 0 Å². The monoisotopic (exact) mass is 207 g/mol. The Balaban J connectivity index is 2.39. The van der Waals surface area contributed by atoms with Crippen LogP contribution in [0, 0.1) is 0 Å². The Kier molecular flexibility index (Phi) is 6.42. The van der Waals surface area contributed by atoms with Gasteiger partial charge in [-0.05, 0) is 52.5 Å². The average Bonchev–Trinajstić information content (AvgIpc) is 2.25. The second-order valence-electron chi connectivity index (χ2n) is 4.57. The molecule has 0 spiro atoms. The summed E-state index contributed by atoms with van der Waals surface area (Å²) in [4.78, 5) is 2.48. The van der Waals surface area contributed by atoms with Crippen molar-refractivity contribution in [2.45, 2.75) is 51.5 Å². The van der Waals surface area contributed by atoms with Crippen LogP contribution in [0.2, 0.25) is 0 Å². The van der Waals surface area contributed by atoms with E-state index in [0.717, 1.165) is 6.04 Å². The van der Waals surface area contributed by atoms with E-state index in [1.165, 1.54) is 45.1 Å². The third kappa shape index (κ3) is 5.78. The number of hydrogen-bond acceptors (Lipinski definition) is 1. The lowest BCUT2D eigenvalue weighted by Crippen LogP contribution is -2.29. The van der Waals surface area contributed by atoms with Gasteiger partial charge in [0, 0.05) is 12.6 Å². The molecule has 1 rings (SSSR count). The molecule has 0 saturated heterocycles. The first-order chi connectivity index (χ1) is 7.30. The van der Waals surface area contributed by atoms with E-state index in [4.69, 9.17) is 0 Å². The van der Waals surface area contributed by atoms with Crippen LogP contribution in [-0.4, -0.2) is 24.5 Å². The summed E-state index contributed by atoms with van der Waals surface area (Å²) in [6.45, 7) is 3.54. The van der Waals surface area contributed by atoms with Crippen LogP contribution in [0.25, 0.3) is 0 Å². The summed E-state index contributed by atoms with van der Waals surface area (Å²) in [5.41, 5.74) is 0. The molecule has 1 heterocycles. The van der Waals surface area contributed by atoms with Crippen LogP contribution >= 0.6 is 0 Å². The smallest absolute Gasteiger partial charge is 0.00641 e. The first-order valence-electron chi connectivity index (χ1n) is 6.31. The van der Waals surface area contributed by atoms with E-state index >= 15 is 0 Å². The second-order valence-corrected chi connectivity index (χ2v) is 4.57. The molecule has 0 saturated carbocycles. The van der Waals surface area contributed by atoms with Gasteiger partial charge in [0.2, 0.25) is 0 Å². The third-order valence-corrected chi connectivity index (χ3v) is 3.23. The van der Waals surface area contributed by atoms with Crippen LogP contribution in [-0.2, 0) is 0 Å². The van der Waals surface area contributed by atoms with E-state index < -0.39 is 0 Å². The fourth-order valence-electron chi connectivity index (χ4n) is 1.91. The van der Waals surface area contributed by atoms with Crippen LogP contribution in [0.1, 0.15) is 45.4 Å².